The molecule has 6 nitrogen and oxygen atoms in total. The second kappa shape index (κ2) is 5.85. The van der Waals surface area contributed by atoms with Gasteiger partial charge in [-0.05, 0) is 31.0 Å². The number of aromatic carboxylic acids is 1. The van der Waals surface area contributed by atoms with Crippen molar-refractivity contribution in [2.75, 3.05) is 31.1 Å². The molecule has 2 aromatic rings. The van der Waals surface area contributed by atoms with Crippen LogP contribution in [0.1, 0.15) is 36.2 Å². The first-order chi connectivity index (χ1) is 11.2. The van der Waals surface area contributed by atoms with Gasteiger partial charge in [-0.25, -0.2) is 9.78 Å². The maximum Gasteiger partial charge on any atom is 0.352 e. The Labute approximate surface area is 135 Å². The number of anilines is 1. The smallest absolute Gasteiger partial charge is 0.352 e. The summed E-state index contributed by atoms with van der Waals surface area (Å²) in [7, 11) is 0. The Balaban J connectivity index is 1.48. The standard InChI is InChI=1S/C17H22N4O2/c22-17(23)14-11-12-5-6-15(19-16(12)18-14)21-9-7-20(8-10-21)13-3-1-2-4-13/h5-6,11,13H,1-4,7-10H2,(H,18,19)(H,22,23). The summed E-state index contributed by atoms with van der Waals surface area (Å²) in [5.41, 5.74) is 0.842. The lowest BCUT2D eigenvalue weighted by atomic mass is 10.2. The number of nitrogens with zero attached hydrogens (tertiary/aromatic N) is 3. The molecule has 1 saturated heterocycles. The summed E-state index contributed by atoms with van der Waals surface area (Å²) in [5, 5.41) is 9.91. The van der Waals surface area contributed by atoms with E-state index in [0.717, 1.165) is 43.4 Å². The van der Waals surface area contributed by atoms with Gasteiger partial charge in [0.15, 0.2) is 0 Å². The van der Waals surface area contributed by atoms with Gasteiger partial charge < -0.3 is 15.0 Å². The molecule has 0 unspecified atom stereocenters. The summed E-state index contributed by atoms with van der Waals surface area (Å²) in [5.74, 6) is -0.0166. The average Bonchev–Trinajstić information content (AvgIpc) is 3.24. The van der Waals surface area contributed by atoms with E-state index in [2.05, 4.69) is 19.8 Å². The Morgan fingerprint density at radius 1 is 1.17 bits per heavy atom. The molecule has 4 rings (SSSR count). The van der Waals surface area contributed by atoms with Crippen molar-refractivity contribution < 1.29 is 9.90 Å². The number of pyridine rings is 1. The van der Waals surface area contributed by atoms with E-state index in [1.165, 1.54) is 25.7 Å². The monoisotopic (exact) mass is 314 g/mol. The molecule has 0 atom stereocenters. The molecule has 2 fully saturated rings. The Kier molecular flexibility index (Phi) is 3.69. The van der Waals surface area contributed by atoms with Gasteiger partial charge in [0, 0.05) is 37.6 Å². The first kappa shape index (κ1) is 14.5. The molecule has 122 valence electrons. The van der Waals surface area contributed by atoms with Crippen molar-refractivity contribution in [3.8, 4) is 0 Å². The molecule has 0 spiro atoms. The number of piperazine rings is 1. The van der Waals surface area contributed by atoms with Gasteiger partial charge in [-0.1, -0.05) is 12.8 Å². The van der Waals surface area contributed by atoms with E-state index < -0.39 is 5.97 Å². The molecule has 6 heteroatoms. The van der Waals surface area contributed by atoms with Crippen molar-refractivity contribution in [2.24, 2.45) is 0 Å². The lowest BCUT2D eigenvalue weighted by Gasteiger charge is -2.38. The molecular formula is C17H22N4O2. The quantitative estimate of drug-likeness (QED) is 0.909. The molecule has 0 amide bonds. The van der Waals surface area contributed by atoms with E-state index in [9.17, 15) is 4.79 Å². The molecule has 23 heavy (non-hydrogen) atoms. The van der Waals surface area contributed by atoms with Crippen LogP contribution in [0.4, 0.5) is 5.82 Å². The summed E-state index contributed by atoms with van der Waals surface area (Å²) in [4.78, 5) is 23.5. The highest BCUT2D eigenvalue weighted by atomic mass is 16.4. The molecular weight excluding hydrogens is 292 g/mol. The zero-order valence-corrected chi connectivity index (χ0v) is 13.2. The highest BCUT2D eigenvalue weighted by molar-refractivity contribution is 5.92. The minimum absolute atomic E-state index is 0.190. The minimum atomic E-state index is -0.949. The summed E-state index contributed by atoms with van der Waals surface area (Å²) < 4.78 is 0. The fraction of sp³-hybridized carbons (Fsp3) is 0.529. The van der Waals surface area contributed by atoms with Gasteiger partial charge in [-0.2, -0.15) is 0 Å². The van der Waals surface area contributed by atoms with Crippen LogP contribution < -0.4 is 4.90 Å². The molecule has 0 aromatic carbocycles. The Hall–Kier alpha value is -2.08. The van der Waals surface area contributed by atoms with Crippen molar-refractivity contribution in [3.63, 3.8) is 0 Å². The van der Waals surface area contributed by atoms with Gasteiger partial charge in [0.25, 0.3) is 0 Å². The number of carboxylic acids is 1. The molecule has 2 aliphatic rings. The number of hydrogen-bond donors (Lipinski definition) is 2. The van der Waals surface area contributed by atoms with Gasteiger partial charge in [-0.3, -0.25) is 4.90 Å². The molecule has 1 aliphatic heterocycles. The lowest BCUT2D eigenvalue weighted by Crippen LogP contribution is -2.49. The highest BCUT2D eigenvalue weighted by Crippen LogP contribution is 2.26. The summed E-state index contributed by atoms with van der Waals surface area (Å²) in [6.45, 7) is 4.16. The van der Waals surface area contributed by atoms with Crippen LogP contribution in [0.3, 0.4) is 0 Å². The summed E-state index contributed by atoms with van der Waals surface area (Å²) in [6, 6.07) is 6.36. The molecule has 0 radical (unpaired) electrons. The number of hydrogen-bond acceptors (Lipinski definition) is 4. The zero-order chi connectivity index (χ0) is 15.8. The van der Waals surface area contributed by atoms with Crippen molar-refractivity contribution >= 4 is 22.8 Å². The van der Waals surface area contributed by atoms with Crippen LogP contribution in [-0.2, 0) is 0 Å². The highest BCUT2D eigenvalue weighted by Gasteiger charge is 2.26. The van der Waals surface area contributed by atoms with Gasteiger partial charge in [0.2, 0.25) is 0 Å². The van der Waals surface area contributed by atoms with Gasteiger partial charge in [0.05, 0.1) is 0 Å². The number of aromatic nitrogens is 2. The first-order valence-corrected chi connectivity index (χ1v) is 8.43. The van der Waals surface area contributed by atoms with Crippen LogP contribution in [0.25, 0.3) is 11.0 Å². The maximum atomic E-state index is 11.0. The number of carbonyl (C=O) groups is 1. The number of nitrogens with one attached hydrogen (secondary N) is 1. The third-order valence-electron chi connectivity index (χ3n) is 5.17. The maximum absolute atomic E-state index is 11.0. The topological polar surface area (TPSA) is 72.5 Å². The van der Waals surface area contributed by atoms with E-state index in [1.807, 2.05) is 12.1 Å². The third kappa shape index (κ3) is 2.79. The SMILES string of the molecule is O=C(O)c1cc2ccc(N3CCN(C4CCCC4)CC3)nc2[nH]1. The van der Waals surface area contributed by atoms with Crippen LogP contribution in [0, 0.1) is 0 Å². The fourth-order valence-corrected chi connectivity index (χ4v) is 3.87. The van der Waals surface area contributed by atoms with Crippen molar-refractivity contribution in [3.05, 3.63) is 23.9 Å². The van der Waals surface area contributed by atoms with Crippen molar-refractivity contribution in [2.45, 2.75) is 31.7 Å². The summed E-state index contributed by atoms with van der Waals surface area (Å²) >= 11 is 0. The molecule has 1 aliphatic carbocycles. The molecule has 0 bridgehead atoms. The predicted molar refractivity (Wildman–Crippen MR) is 89.1 cm³/mol. The van der Waals surface area contributed by atoms with Gasteiger partial charge >= 0.3 is 5.97 Å². The molecule has 1 saturated carbocycles. The minimum Gasteiger partial charge on any atom is -0.477 e. The molecule has 2 N–H and O–H groups in total. The van der Waals surface area contributed by atoms with Crippen LogP contribution in [0.2, 0.25) is 0 Å². The number of aromatic amines is 1. The second-order valence-electron chi connectivity index (χ2n) is 6.56. The van der Waals surface area contributed by atoms with E-state index in [-0.39, 0.29) is 5.69 Å². The largest absolute Gasteiger partial charge is 0.477 e. The van der Waals surface area contributed by atoms with Crippen molar-refractivity contribution in [1.82, 2.24) is 14.9 Å². The van der Waals surface area contributed by atoms with Gasteiger partial charge in [-0.15, -0.1) is 0 Å². The predicted octanol–water partition coefficient (Wildman–Crippen LogP) is 2.33. The second-order valence-corrected chi connectivity index (χ2v) is 6.56. The average molecular weight is 314 g/mol. The lowest BCUT2D eigenvalue weighted by molar-refractivity contribution is 0.0691. The van der Waals surface area contributed by atoms with Crippen molar-refractivity contribution in [1.29, 1.82) is 0 Å². The Morgan fingerprint density at radius 2 is 1.91 bits per heavy atom. The molecule has 2 aromatic heterocycles. The van der Waals surface area contributed by atoms with E-state index in [1.54, 1.807) is 6.07 Å². The van der Waals surface area contributed by atoms with E-state index in [4.69, 9.17) is 5.11 Å². The summed E-state index contributed by atoms with van der Waals surface area (Å²) in [6.07, 6.45) is 5.46. The van der Waals surface area contributed by atoms with Crippen LogP contribution in [0.5, 0.6) is 0 Å². The Bertz CT molecular complexity index is 712. The number of fused-ring (bicyclic) bond motifs is 1. The first-order valence-electron chi connectivity index (χ1n) is 8.43. The van der Waals surface area contributed by atoms with Crippen LogP contribution >= 0.6 is 0 Å². The number of carboxylic acid groups (broad SMARTS) is 1. The van der Waals surface area contributed by atoms with Crippen LogP contribution in [-0.4, -0.2) is 58.2 Å². The zero-order valence-electron chi connectivity index (χ0n) is 13.2. The number of H-pyrrole nitrogens is 1. The third-order valence-corrected chi connectivity index (χ3v) is 5.17. The normalized spacial score (nSPS) is 20.4. The van der Waals surface area contributed by atoms with Crippen LogP contribution in [0.15, 0.2) is 18.2 Å². The molecule has 3 heterocycles. The van der Waals surface area contributed by atoms with E-state index in [0.29, 0.717) is 5.65 Å². The number of rotatable bonds is 3. The van der Waals surface area contributed by atoms with E-state index >= 15 is 0 Å². The Morgan fingerprint density at radius 3 is 2.61 bits per heavy atom. The fourth-order valence-electron chi connectivity index (χ4n) is 3.87. The van der Waals surface area contributed by atoms with Gasteiger partial charge in [0.1, 0.15) is 17.2 Å².